The van der Waals surface area contributed by atoms with Crippen LogP contribution in [0.4, 0.5) is 5.69 Å². The highest BCUT2D eigenvalue weighted by atomic mass is 14.9. The smallest absolute Gasteiger partial charge is 0.0862 e. The zero-order chi connectivity index (χ0) is 11.3. The van der Waals surface area contributed by atoms with Gasteiger partial charge in [0.15, 0.2) is 0 Å². The van der Waals surface area contributed by atoms with Gasteiger partial charge in [0.1, 0.15) is 0 Å². The zero-order valence-electron chi connectivity index (χ0n) is 9.33. The lowest BCUT2D eigenvalue weighted by molar-refractivity contribution is 1.07. The molecule has 0 bridgehead atoms. The first-order valence-electron chi connectivity index (χ1n) is 5.04. The largest absolute Gasteiger partial charge is 0.312 e. The molecule has 3 nitrogen and oxygen atoms in total. The Balaban J connectivity index is 3.18. The molecular weight excluding hydrogens is 186 g/mol. The fourth-order valence-electron chi connectivity index (χ4n) is 1.46. The first-order chi connectivity index (χ1) is 7.22. The van der Waals surface area contributed by atoms with E-state index in [1.165, 1.54) is 5.56 Å². The van der Waals surface area contributed by atoms with E-state index in [-0.39, 0.29) is 0 Å². The van der Waals surface area contributed by atoms with Crippen LogP contribution in [-0.4, -0.2) is 19.1 Å². The Kier molecular flexibility index (Phi) is 4.18. The molecule has 15 heavy (non-hydrogen) atoms. The Labute approximate surface area is 90.8 Å². The Hall–Kier alpha value is -1.48. The highest BCUT2D eigenvalue weighted by molar-refractivity contribution is 6.03. The van der Waals surface area contributed by atoms with Gasteiger partial charge in [-0.25, -0.2) is 0 Å². The van der Waals surface area contributed by atoms with Crippen LogP contribution in [0, 0.1) is 0 Å². The van der Waals surface area contributed by atoms with Crippen molar-refractivity contribution in [2.24, 2.45) is 15.7 Å². The summed E-state index contributed by atoms with van der Waals surface area (Å²) in [5.74, 6) is 0. The van der Waals surface area contributed by atoms with Gasteiger partial charge in [0.05, 0.1) is 12.4 Å². The molecule has 80 valence electrons. The van der Waals surface area contributed by atoms with Crippen LogP contribution in [0.3, 0.4) is 0 Å². The van der Waals surface area contributed by atoms with Crippen molar-refractivity contribution in [3.63, 3.8) is 0 Å². The van der Waals surface area contributed by atoms with E-state index in [9.17, 15) is 0 Å². The quantitative estimate of drug-likeness (QED) is 0.750. The molecule has 0 saturated carbocycles. The van der Waals surface area contributed by atoms with Gasteiger partial charge in [0.25, 0.3) is 0 Å². The molecule has 0 aromatic heterocycles. The minimum atomic E-state index is 0.304. The fourth-order valence-corrected chi connectivity index (χ4v) is 1.46. The second kappa shape index (κ2) is 5.41. The SMILES string of the molecule is C=Nc1cc(CC)ccc1C(C)=NCN. The molecule has 0 unspecified atom stereocenters. The number of aryl methyl sites for hydroxylation is 1. The van der Waals surface area contributed by atoms with Gasteiger partial charge in [-0.05, 0) is 31.7 Å². The minimum absolute atomic E-state index is 0.304. The molecule has 0 saturated heterocycles. The van der Waals surface area contributed by atoms with E-state index in [4.69, 9.17) is 5.73 Å². The van der Waals surface area contributed by atoms with Crippen molar-refractivity contribution in [1.82, 2.24) is 0 Å². The van der Waals surface area contributed by atoms with Crippen LogP contribution >= 0.6 is 0 Å². The maximum absolute atomic E-state index is 5.38. The second-order valence-corrected chi connectivity index (χ2v) is 3.29. The number of hydrogen-bond donors (Lipinski definition) is 1. The average molecular weight is 203 g/mol. The summed E-state index contributed by atoms with van der Waals surface area (Å²) in [6.45, 7) is 7.92. The number of benzene rings is 1. The summed E-state index contributed by atoms with van der Waals surface area (Å²) in [7, 11) is 0. The first-order valence-corrected chi connectivity index (χ1v) is 5.04. The molecule has 0 fully saturated rings. The second-order valence-electron chi connectivity index (χ2n) is 3.29. The molecule has 0 aliphatic rings. The molecule has 0 atom stereocenters. The molecule has 1 aromatic rings. The number of hydrogen-bond acceptors (Lipinski definition) is 3. The number of rotatable bonds is 4. The van der Waals surface area contributed by atoms with E-state index in [0.29, 0.717) is 6.67 Å². The van der Waals surface area contributed by atoms with Crippen LogP contribution in [-0.2, 0) is 6.42 Å². The van der Waals surface area contributed by atoms with Crippen LogP contribution in [0.15, 0.2) is 28.2 Å². The highest BCUT2D eigenvalue weighted by Crippen LogP contribution is 2.21. The highest BCUT2D eigenvalue weighted by Gasteiger charge is 2.04. The van der Waals surface area contributed by atoms with E-state index in [1.54, 1.807) is 0 Å². The molecule has 0 amide bonds. The van der Waals surface area contributed by atoms with Gasteiger partial charge < -0.3 is 5.73 Å². The maximum Gasteiger partial charge on any atom is 0.0862 e. The summed E-state index contributed by atoms with van der Waals surface area (Å²) >= 11 is 0. The lowest BCUT2D eigenvalue weighted by Crippen LogP contribution is -2.02. The van der Waals surface area contributed by atoms with Crippen LogP contribution < -0.4 is 5.73 Å². The topological polar surface area (TPSA) is 50.7 Å². The molecule has 3 heteroatoms. The lowest BCUT2D eigenvalue weighted by Gasteiger charge is -2.06. The van der Waals surface area contributed by atoms with Crippen LogP contribution in [0.25, 0.3) is 0 Å². The third kappa shape index (κ3) is 2.73. The van der Waals surface area contributed by atoms with Crippen LogP contribution in [0.5, 0.6) is 0 Å². The molecule has 0 heterocycles. The Morgan fingerprint density at radius 2 is 2.20 bits per heavy atom. The van der Waals surface area contributed by atoms with E-state index in [1.807, 2.05) is 19.1 Å². The monoisotopic (exact) mass is 203 g/mol. The molecule has 1 rings (SSSR count). The van der Waals surface area contributed by atoms with Gasteiger partial charge in [-0.1, -0.05) is 19.1 Å². The minimum Gasteiger partial charge on any atom is -0.312 e. The summed E-state index contributed by atoms with van der Waals surface area (Å²) in [4.78, 5) is 8.18. The molecule has 0 aliphatic carbocycles. The predicted octanol–water partition coefficient (Wildman–Crippen LogP) is 2.31. The van der Waals surface area contributed by atoms with Crippen molar-refractivity contribution in [3.8, 4) is 0 Å². The molecule has 2 N–H and O–H groups in total. The number of nitrogens with zero attached hydrogens (tertiary/aromatic N) is 2. The normalized spacial score (nSPS) is 11.5. The van der Waals surface area contributed by atoms with Gasteiger partial charge in [0, 0.05) is 11.3 Å². The summed E-state index contributed by atoms with van der Waals surface area (Å²) in [6.07, 6.45) is 0.996. The average Bonchev–Trinajstić information content (AvgIpc) is 2.28. The van der Waals surface area contributed by atoms with Crippen molar-refractivity contribution in [3.05, 3.63) is 29.3 Å². The van der Waals surface area contributed by atoms with Gasteiger partial charge in [0.2, 0.25) is 0 Å². The lowest BCUT2D eigenvalue weighted by atomic mass is 10.0. The van der Waals surface area contributed by atoms with E-state index in [2.05, 4.69) is 29.7 Å². The molecule has 0 radical (unpaired) electrons. The van der Waals surface area contributed by atoms with Crippen molar-refractivity contribution in [2.45, 2.75) is 20.3 Å². The Bertz CT molecular complexity index is 380. The third-order valence-corrected chi connectivity index (χ3v) is 2.36. The molecule has 0 aliphatic heterocycles. The fraction of sp³-hybridized carbons (Fsp3) is 0.333. The van der Waals surface area contributed by atoms with Crippen molar-refractivity contribution < 1.29 is 0 Å². The maximum atomic E-state index is 5.38. The number of nitrogens with two attached hydrogens (primary N) is 1. The predicted molar refractivity (Wildman–Crippen MR) is 66.3 cm³/mol. The molecular formula is C12H17N3. The standard InChI is InChI=1S/C12H17N3/c1-4-10-5-6-11(9(2)15-8-13)12(7-10)14-3/h5-7H,3-4,8,13H2,1-2H3. The van der Waals surface area contributed by atoms with Crippen LogP contribution in [0.2, 0.25) is 0 Å². The zero-order valence-corrected chi connectivity index (χ0v) is 9.33. The summed E-state index contributed by atoms with van der Waals surface area (Å²) in [5.41, 5.74) is 9.42. The van der Waals surface area contributed by atoms with E-state index in [0.717, 1.165) is 23.4 Å². The molecule has 0 spiro atoms. The van der Waals surface area contributed by atoms with Crippen molar-refractivity contribution >= 4 is 18.1 Å². The Morgan fingerprint density at radius 1 is 1.47 bits per heavy atom. The third-order valence-electron chi connectivity index (χ3n) is 2.36. The van der Waals surface area contributed by atoms with Gasteiger partial charge >= 0.3 is 0 Å². The van der Waals surface area contributed by atoms with E-state index >= 15 is 0 Å². The van der Waals surface area contributed by atoms with Crippen LogP contribution in [0.1, 0.15) is 25.0 Å². The Morgan fingerprint density at radius 3 is 2.73 bits per heavy atom. The van der Waals surface area contributed by atoms with Gasteiger partial charge in [-0.3, -0.25) is 9.98 Å². The van der Waals surface area contributed by atoms with E-state index < -0.39 is 0 Å². The van der Waals surface area contributed by atoms with Gasteiger partial charge in [-0.15, -0.1) is 0 Å². The molecule has 1 aromatic carbocycles. The van der Waals surface area contributed by atoms with Crippen molar-refractivity contribution in [1.29, 1.82) is 0 Å². The van der Waals surface area contributed by atoms with Crippen molar-refractivity contribution in [2.75, 3.05) is 6.67 Å². The summed E-state index contributed by atoms with van der Waals surface area (Å²) in [6, 6.07) is 6.15. The first kappa shape index (κ1) is 11.6. The van der Waals surface area contributed by atoms with Gasteiger partial charge in [-0.2, -0.15) is 0 Å². The summed E-state index contributed by atoms with van der Waals surface area (Å²) in [5, 5.41) is 0. The summed E-state index contributed by atoms with van der Waals surface area (Å²) < 4.78 is 0. The number of aliphatic imine (C=N–C) groups is 2.